The molecule has 1 aliphatic heterocycles. The van der Waals surface area contributed by atoms with Crippen molar-refractivity contribution in [3.05, 3.63) is 102 Å². The zero-order valence-electron chi connectivity index (χ0n) is 20.1. The van der Waals surface area contributed by atoms with Crippen LogP contribution in [0.4, 0.5) is 5.82 Å². The van der Waals surface area contributed by atoms with E-state index < -0.39 is 0 Å². The Morgan fingerprint density at radius 3 is 2.61 bits per heavy atom. The summed E-state index contributed by atoms with van der Waals surface area (Å²) in [6.45, 7) is 5.05. The summed E-state index contributed by atoms with van der Waals surface area (Å²) in [5, 5.41) is 0. The van der Waals surface area contributed by atoms with Crippen LogP contribution >= 0.6 is 0 Å². The lowest BCUT2D eigenvalue weighted by Gasteiger charge is -2.12. The monoisotopic (exact) mass is 478 g/mol. The van der Waals surface area contributed by atoms with E-state index in [-0.39, 0.29) is 6.10 Å². The third-order valence-corrected chi connectivity index (χ3v) is 6.41. The van der Waals surface area contributed by atoms with Crippen LogP contribution in [-0.4, -0.2) is 14.5 Å². The molecule has 0 bridgehead atoms. The molecule has 2 aromatic heterocycles. The number of nitrogen functional groups attached to an aromatic ring is 1. The molecule has 0 amide bonds. The predicted octanol–water partition coefficient (Wildman–Crippen LogP) is 6.27. The Bertz CT molecular complexity index is 1560. The third kappa shape index (κ3) is 4.03. The average molecular weight is 479 g/mol. The number of fused-ring (bicyclic) bond motifs is 3. The third-order valence-electron chi connectivity index (χ3n) is 6.41. The second-order valence-electron chi connectivity index (χ2n) is 8.95. The van der Waals surface area contributed by atoms with Crippen molar-refractivity contribution in [2.75, 3.05) is 5.73 Å². The summed E-state index contributed by atoms with van der Waals surface area (Å²) in [6.07, 6.45) is 1.47. The maximum Gasteiger partial charge on any atom is 0.151 e. The van der Waals surface area contributed by atoms with Gasteiger partial charge < -0.3 is 24.5 Å². The summed E-state index contributed by atoms with van der Waals surface area (Å²) in [4.78, 5) is 8.73. The van der Waals surface area contributed by atoms with Crippen LogP contribution < -0.4 is 15.2 Å². The topological polar surface area (TPSA) is 84.4 Å². The predicted molar refractivity (Wildman–Crippen MR) is 139 cm³/mol. The smallest absolute Gasteiger partial charge is 0.151 e. The van der Waals surface area contributed by atoms with Gasteiger partial charge in [-0.1, -0.05) is 24.3 Å². The van der Waals surface area contributed by atoms with Crippen molar-refractivity contribution in [2.24, 2.45) is 0 Å². The Balaban J connectivity index is 1.23. The second kappa shape index (κ2) is 9.02. The molecule has 1 unspecified atom stereocenters. The molecule has 3 aromatic carbocycles. The molecule has 0 radical (unpaired) electrons. The van der Waals surface area contributed by atoms with Crippen molar-refractivity contribution in [1.82, 2.24) is 14.5 Å². The van der Waals surface area contributed by atoms with Crippen molar-refractivity contribution in [3.8, 4) is 22.9 Å². The van der Waals surface area contributed by atoms with E-state index in [4.69, 9.17) is 19.9 Å². The van der Waals surface area contributed by atoms with Crippen molar-refractivity contribution in [1.29, 1.82) is 0 Å². The largest absolute Gasteiger partial charge is 0.489 e. The Labute approximate surface area is 209 Å². The molecule has 6 rings (SSSR count). The zero-order valence-corrected chi connectivity index (χ0v) is 20.1. The Morgan fingerprint density at radius 1 is 0.972 bits per heavy atom. The molecule has 7 nitrogen and oxygen atoms in total. The number of aryl methyl sites for hydroxylation is 1. The molecule has 0 fully saturated rings. The first-order chi connectivity index (χ1) is 17.6. The number of benzene rings is 3. The van der Waals surface area contributed by atoms with Gasteiger partial charge in [0.25, 0.3) is 0 Å². The van der Waals surface area contributed by atoms with Crippen LogP contribution in [0.15, 0.2) is 79.1 Å². The van der Waals surface area contributed by atoms with Gasteiger partial charge in [-0.05, 0) is 73.5 Å². The van der Waals surface area contributed by atoms with Crippen LogP contribution in [0, 0.1) is 6.92 Å². The molecule has 0 saturated heterocycles. The van der Waals surface area contributed by atoms with Gasteiger partial charge in [-0.25, -0.2) is 9.97 Å². The molecule has 5 aromatic rings. The van der Waals surface area contributed by atoms with Crippen molar-refractivity contribution >= 4 is 16.9 Å². The van der Waals surface area contributed by atoms with Gasteiger partial charge >= 0.3 is 0 Å². The van der Waals surface area contributed by atoms with Crippen LogP contribution in [0.25, 0.3) is 16.7 Å². The molecular weight excluding hydrogens is 452 g/mol. The van der Waals surface area contributed by atoms with E-state index in [0.29, 0.717) is 19.0 Å². The lowest BCUT2D eigenvalue weighted by Crippen LogP contribution is -2.03. The van der Waals surface area contributed by atoms with E-state index in [1.54, 1.807) is 0 Å². The molecular formula is C29H26N4O3. The summed E-state index contributed by atoms with van der Waals surface area (Å²) in [7, 11) is 0. The summed E-state index contributed by atoms with van der Waals surface area (Å²) in [5.41, 5.74) is 13.2. The number of aromatic nitrogens is 3. The molecule has 2 N–H and O–H groups in total. The van der Waals surface area contributed by atoms with Crippen LogP contribution in [0.5, 0.6) is 17.2 Å². The SMILES string of the molecule is Cc1cccc(OCc2cccc(Oc3ccc(-n4c5c(c6ncnc(N)c64)C(C)OC5)cc3)c2)c1. The Kier molecular flexibility index (Phi) is 5.54. The van der Waals surface area contributed by atoms with E-state index in [0.717, 1.165) is 50.8 Å². The number of hydrogen-bond donors (Lipinski definition) is 1. The summed E-state index contributed by atoms with van der Waals surface area (Å²) >= 11 is 0. The molecule has 1 atom stereocenters. The Morgan fingerprint density at radius 2 is 1.78 bits per heavy atom. The molecule has 1 aliphatic rings. The fourth-order valence-corrected chi connectivity index (χ4v) is 4.71. The van der Waals surface area contributed by atoms with Gasteiger partial charge in [-0.2, -0.15) is 0 Å². The zero-order chi connectivity index (χ0) is 24.6. The number of nitrogens with zero attached hydrogens (tertiary/aromatic N) is 3. The summed E-state index contributed by atoms with van der Waals surface area (Å²) in [5.74, 6) is 2.79. The molecule has 36 heavy (non-hydrogen) atoms. The Hall–Kier alpha value is -4.36. The van der Waals surface area contributed by atoms with Gasteiger partial charge in [-0.3, -0.25) is 0 Å². The highest BCUT2D eigenvalue weighted by Gasteiger charge is 2.30. The van der Waals surface area contributed by atoms with E-state index in [1.165, 1.54) is 11.9 Å². The minimum Gasteiger partial charge on any atom is -0.489 e. The molecule has 3 heterocycles. The molecule has 180 valence electrons. The van der Waals surface area contributed by atoms with Crippen LogP contribution in [0.1, 0.15) is 35.4 Å². The molecule has 7 heteroatoms. The van der Waals surface area contributed by atoms with Crippen LogP contribution in [0.3, 0.4) is 0 Å². The highest BCUT2D eigenvalue weighted by atomic mass is 16.5. The fraction of sp³-hybridized carbons (Fsp3) is 0.172. The molecule has 0 spiro atoms. The number of hydrogen-bond acceptors (Lipinski definition) is 6. The summed E-state index contributed by atoms with van der Waals surface area (Å²) in [6, 6.07) is 23.9. The van der Waals surface area contributed by atoms with Crippen molar-refractivity contribution < 1.29 is 14.2 Å². The minimum atomic E-state index is -0.0390. The van der Waals surface area contributed by atoms with Gasteiger partial charge in [0.05, 0.1) is 18.4 Å². The van der Waals surface area contributed by atoms with E-state index >= 15 is 0 Å². The van der Waals surface area contributed by atoms with Crippen LogP contribution in [-0.2, 0) is 18.0 Å². The molecule has 0 aliphatic carbocycles. The number of ether oxygens (including phenoxy) is 3. The average Bonchev–Trinajstić information content (AvgIpc) is 3.42. The highest BCUT2D eigenvalue weighted by Crippen LogP contribution is 2.40. The van der Waals surface area contributed by atoms with Crippen molar-refractivity contribution in [2.45, 2.75) is 33.2 Å². The first kappa shape index (κ1) is 22.1. The maximum absolute atomic E-state index is 6.27. The van der Waals surface area contributed by atoms with Gasteiger partial charge in [-0.15, -0.1) is 0 Å². The van der Waals surface area contributed by atoms with E-state index in [1.807, 2.05) is 73.7 Å². The number of rotatable bonds is 6. The van der Waals surface area contributed by atoms with Crippen LogP contribution in [0.2, 0.25) is 0 Å². The number of nitrogens with two attached hydrogens (primary N) is 1. The normalized spacial score (nSPS) is 14.7. The maximum atomic E-state index is 6.27. The lowest BCUT2D eigenvalue weighted by molar-refractivity contribution is 0.0783. The number of anilines is 1. The quantitative estimate of drug-likeness (QED) is 0.309. The highest BCUT2D eigenvalue weighted by molar-refractivity contribution is 5.91. The van der Waals surface area contributed by atoms with Gasteiger partial charge in [0.1, 0.15) is 41.2 Å². The van der Waals surface area contributed by atoms with E-state index in [2.05, 4.69) is 27.5 Å². The fourth-order valence-electron chi connectivity index (χ4n) is 4.71. The first-order valence-corrected chi connectivity index (χ1v) is 11.9. The van der Waals surface area contributed by atoms with Gasteiger partial charge in [0.15, 0.2) is 5.82 Å². The standard InChI is InChI=1S/C29H26N4O3/c1-18-5-3-7-23(13-18)35-15-20-6-4-8-24(14-20)36-22-11-9-21(10-12-22)33-25-16-34-19(2)26(25)27-28(33)29(30)32-17-31-27/h3-14,17,19H,15-16H2,1-2H3,(H2,30,31,32). The summed E-state index contributed by atoms with van der Waals surface area (Å²) < 4.78 is 20.1. The van der Waals surface area contributed by atoms with E-state index in [9.17, 15) is 0 Å². The van der Waals surface area contributed by atoms with Gasteiger partial charge in [0, 0.05) is 11.3 Å². The van der Waals surface area contributed by atoms with Gasteiger partial charge in [0.2, 0.25) is 0 Å². The second-order valence-corrected chi connectivity index (χ2v) is 8.95. The minimum absolute atomic E-state index is 0.0390. The first-order valence-electron chi connectivity index (χ1n) is 11.9. The molecule has 0 saturated carbocycles. The van der Waals surface area contributed by atoms with Crippen molar-refractivity contribution in [3.63, 3.8) is 0 Å². The lowest BCUT2D eigenvalue weighted by atomic mass is 10.1.